The second kappa shape index (κ2) is 34.0. The number of unbranched alkanes of at least 4 members (excludes halogenated alkanes) is 1. The molecule has 0 heterocycles. The molecule has 1 aliphatic carbocycles. The van der Waals surface area contributed by atoms with E-state index in [-0.39, 0.29) is 137 Å². The molecule has 0 aliphatic heterocycles. The lowest BCUT2D eigenvalue weighted by Crippen LogP contribution is -2.45. The smallest absolute Gasteiger partial charge is 0.326 e. The predicted molar refractivity (Wildman–Crippen MR) is 254 cm³/mol. The van der Waals surface area contributed by atoms with Gasteiger partial charge in [0, 0.05) is 50.6 Å². The summed E-state index contributed by atoms with van der Waals surface area (Å²) < 4.78 is 21.3. The Kier molecular flexibility index (Phi) is 30.9. The van der Waals surface area contributed by atoms with Crippen LogP contribution in [0, 0.1) is 22.7 Å². The fraction of sp³-hybridized carbons (Fsp3) is 0.761. The van der Waals surface area contributed by atoms with Gasteiger partial charge in [0.2, 0.25) is 29.5 Å². The highest BCUT2D eigenvalue weighted by Crippen LogP contribution is 2.40. The number of rotatable bonds is 39. The number of alkyl halides is 1. The number of carbonyl (C=O) groups excluding carboxylic acids is 5. The van der Waals surface area contributed by atoms with E-state index in [2.05, 4.69) is 88.7 Å². The van der Waals surface area contributed by atoms with Crippen LogP contribution < -0.4 is 31.9 Å². The van der Waals surface area contributed by atoms with Crippen LogP contribution in [0.3, 0.4) is 0 Å². The van der Waals surface area contributed by atoms with E-state index in [1.165, 1.54) is 0 Å². The second-order valence-corrected chi connectivity index (χ2v) is 19.1. The first-order valence-electron chi connectivity index (χ1n) is 23.1. The molecule has 1 saturated carbocycles. The Morgan fingerprint density at radius 2 is 1.13 bits per heavy atom. The number of aliphatic hydroxyl groups excluding tert-OH is 1. The maximum Gasteiger partial charge on any atom is 0.326 e. The Bertz CT molecular complexity index is 1570. The van der Waals surface area contributed by atoms with Gasteiger partial charge < -0.3 is 66.2 Å². The van der Waals surface area contributed by atoms with E-state index in [9.17, 15) is 48.9 Å². The van der Waals surface area contributed by atoms with E-state index >= 15 is 0 Å². The van der Waals surface area contributed by atoms with Gasteiger partial charge in [0.25, 0.3) is 0 Å². The predicted octanol–water partition coefficient (Wildman–Crippen LogP) is 3.09. The molecule has 0 bridgehead atoms. The molecule has 0 aromatic carbocycles. The Morgan fingerprint density at radius 3 is 1.70 bits per heavy atom. The van der Waals surface area contributed by atoms with Crippen molar-refractivity contribution < 1.29 is 67.8 Å². The average Bonchev–Trinajstić information content (AvgIpc) is 3.24. The fourth-order valence-electron chi connectivity index (χ4n) is 8.03. The first-order chi connectivity index (χ1) is 31.6. The Hall–Kier alpha value is -4.31. The van der Waals surface area contributed by atoms with Crippen molar-refractivity contribution in [2.24, 2.45) is 22.7 Å². The molecule has 1 aliphatic rings. The monoisotopic (exact) mass is 1020 g/mol. The number of carboxylic acids is 2. The van der Waals surface area contributed by atoms with Gasteiger partial charge in [0.1, 0.15) is 25.3 Å². The third-order valence-corrected chi connectivity index (χ3v) is 11.3. The van der Waals surface area contributed by atoms with Crippen molar-refractivity contribution in [3.05, 3.63) is 24.6 Å². The molecule has 0 aromatic heterocycles. The molecule has 20 nitrogen and oxygen atoms in total. The van der Waals surface area contributed by atoms with Gasteiger partial charge in [-0.25, -0.2) is 9.59 Å². The van der Waals surface area contributed by atoms with E-state index in [1.54, 1.807) is 0 Å². The largest absolute Gasteiger partial charge is 0.513 e. The third kappa shape index (κ3) is 31.4. The Morgan fingerprint density at radius 1 is 0.612 bits per heavy atom. The number of halogens is 1. The van der Waals surface area contributed by atoms with Crippen LogP contribution in [0.1, 0.15) is 105 Å². The van der Waals surface area contributed by atoms with Crippen molar-refractivity contribution in [2.45, 2.75) is 117 Å². The summed E-state index contributed by atoms with van der Waals surface area (Å²) in [5, 5.41) is 45.4. The molecule has 384 valence electrons. The van der Waals surface area contributed by atoms with Crippen LogP contribution in [0.4, 0.5) is 0 Å². The number of aliphatic carboxylic acids is 2. The normalized spacial score (nSPS) is 15.9. The summed E-state index contributed by atoms with van der Waals surface area (Å²) in [6.07, 6.45) is 6.29. The summed E-state index contributed by atoms with van der Waals surface area (Å²) in [5.74, 6) is -3.89. The molecule has 0 unspecified atom stereocenters. The van der Waals surface area contributed by atoms with Gasteiger partial charge in [-0.2, -0.15) is 0 Å². The zero-order valence-electron chi connectivity index (χ0n) is 40.1. The number of carbonyl (C=O) groups is 7. The number of amides is 5. The minimum Gasteiger partial charge on any atom is -0.513 e. The molecular formula is C46H79BrN6O14. The zero-order valence-corrected chi connectivity index (χ0v) is 41.7. The topological polar surface area (TPSA) is 289 Å². The molecule has 2 atom stereocenters. The molecule has 67 heavy (non-hydrogen) atoms. The van der Waals surface area contributed by atoms with E-state index in [1.807, 2.05) is 0 Å². The molecule has 9 N–H and O–H groups in total. The molecule has 0 saturated heterocycles. The second-order valence-electron chi connectivity index (χ2n) is 18.5. The van der Waals surface area contributed by atoms with Crippen LogP contribution in [0.25, 0.3) is 0 Å². The molecule has 0 radical (unpaired) electrons. The number of nitrogens with one attached hydrogen (secondary N) is 6. The van der Waals surface area contributed by atoms with Crippen molar-refractivity contribution in [3.8, 4) is 0 Å². The van der Waals surface area contributed by atoms with Gasteiger partial charge in [-0.15, -0.1) is 0 Å². The molecule has 1 fully saturated rings. The number of hydrogen-bond donors (Lipinski definition) is 9. The van der Waals surface area contributed by atoms with Crippen molar-refractivity contribution >= 4 is 57.4 Å². The van der Waals surface area contributed by atoms with Crippen molar-refractivity contribution in [1.82, 2.24) is 31.9 Å². The SMILES string of the molecule is C=C(O)CC(C)(C)CC(C)(C)CC(=C)NCC1CCC(C(=O)N[C@@H](CCC(=O)NCCOCCOCC(=O)NCCOCCOCC(=O)N[C@@H](CCCCNC(=O)CBr)C(=O)O)C(=O)O)CC1. The average molecular weight is 1020 g/mol. The van der Waals surface area contributed by atoms with E-state index in [0.717, 1.165) is 37.9 Å². The molecule has 1 rings (SSSR count). The number of aliphatic hydroxyl groups is 1. The summed E-state index contributed by atoms with van der Waals surface area (Å²) in [5.41, 5.74) is 0.840. The molecule has 5 amide bonds. The van der Waals surface area contributed by atoms with Crippen LogP contribution in [-0.4, -0.2) is 153 Å². The number of ether oxygens (including phenoxy) is 4. The van der Waals surface area contributed by atoms with E-state index in [0.29, 0.717) is 44.6 Å². The number of allylic oxidation sites excluding steroid dienone is 2. The molecule has 0 aromatic rings. The number of carboxylic acid groups (broad SMARTS) is 2. The van der Waals surface area contributed by atoms with E-state index in [4.69, 9.17) is 18.9 Å². The minimum absolute atomic E-state index is 0.0256. The number of hydrogen-bond acceptors (Lipinski definition) is 13. The van der Waals surface area contributed by atoms with Gasteiger partial charge in [0.15, 0.2) is 0 Å². The third-order valence-electron chi connectivity index (χ3n) is 10.8. The molecular weight excluding hydrogens is 940 g/mol. The van der Waals surface area contributed by atoms with Crippen LogP contribution in [0.5, 0.6) is 0 Å². The standard InChI is InChI=1S/C46H79BrN6O14/c1-32(25-45(3,4)31-46(5,6)26-33(2)54)51-28-34-10-12-35(13-11-34)42(59)53-37(44(62)63)14-15-38(55)49-17-19-64-21-23-66-29-40(57)50-18-20-65-22-24-67-30-41(58)52-36(43(60)61)9-7-8-16-48-39(56)27-47/h34-37,51,54H,1-2,7-31H2,3-6H3,(H,48,56)(H,49,55)(H,50,57)(H,52,58)(H,53,59)(H,60,61)(H,62,63)/t34?,35?,36-,37-/m0/s1. The van der Waals surface area contributed by atoms with Gasteiger partial charge in [-0.05, 0) is 81.0 Å². The summed E-state index contributed by atoms with van der Waals surface area (Å²) in [7, 11) is 0. The zero-order chi connectivity index (χ0) is 50.3. The van der Waals surface area contributed by atoms with Crippen molar-refractivity contribution in [3.63, 3.8) is 0 Å². The first-order valence-corrected chi connectivity index (χ1v) is 24.3. The summed E-state index contributed by atoms with van der Waals surface area (Å²) >= 11 is 3.04. The maximum absolute atomic E-state index is 13.0. The van der Waals surface area contributed by atoms with Gasteiger partial charge in [-0.1, -0.05) is 56.8 Å². The lowest BCUT2D eigenvalue weighted by Gasteiger charge is -2.36. The lowest BCUT2D eigenvalue weighted by atomic mass is 9.71. The molecule has 21 heteroatoms. The van der Waals surface area contributed by atoms with Crippen molar-refractivity contribution in [2.75, 3.05) is 84.4 Å². The highest BCUT2D eigenvalue weighted by atomic mass is 79.9. The first kappa shape index (κ1) is 60.7. The van der Waals surface area contributed by atoms with Crippen LogP contribution in [0.15, 0.2) is 24.6 Å². The highest BCUT2D eigenvalue weighted by molar-refractivity contribution is 9.09. The van der Waals surface area contributed by atoms with Crippen molar-refractivity contribution in [1.29, 1.82) is 0 Å². The van der Waals surface area contributed by atoms with Gasteiger partial charge >= 0.3 is 11.9 Å². The lowest BCUT2D eigenvalue weighted by molar-refractivity contribution is -0.143. The van der Waals surface area contributed by atoms with Gasteiger partial charge in [0.05, 0.1) is 50.7 Å². The quantitative estimate of drug-likeness (QED) is 0.0243. The summed E-state index contributed by atoms with van der Waals surface area (Å²) in [4.78, 5) is 84.0. The summed E-state index contributed by atoms with van der Waals surface area (Å²) in [6, 6.07) is -2.26. The maximum atomic E-state index is 13.0. The Balaban J connectivity index is 2.11. The fourth-order valence-corrected chi connectivity index (χ4v) is 8.23. The summed E-state index contributed by atoms with van der Waals surface area (Å²) in [6.45, 7) is 18.4. The molecule has 0 spiro atoms. The van der Waals surface area contributed by atoms with Crippen LogP contribution >= 0.6 is 15.9 Å². The van der Waals surface area contributed by atoms with Crippen LogP contribution in [0.2, 0.25) is 0 Å². The van der Waals surface area contributed by atoms with Gasteiger partial charge in [-0.3, -0.25) is 24.0 Å². The van der Waals surface area contributed by atoms with Crippen LogP contribution in [-0.2, 0) is 52.5 Å². The minimum atomic E-state index is -1.20. The highest BCUT2D eigenvalue weighted by Gasteiger charge is 2.32. The van der Waals surface area contributed by atoms with E-state index < -0.39 is 29.9 Å². The Labute approximate surface area is 404 Å².